The lowest BCUT2D eigenvalue weighted by Gasteiger charge is -2.24. The van der Waals surface area contributed by atoms with Gasteiger partial charge in [0, 0.05) is 17.3 Å². The topological polar surface area (TPSA) is 88.1 Å². The van der Waals surface area contributed by atoms with Gasteiger partial charge in [-0.15, -0.1) is 0 Å². The summed E-state index contributed by atoms with van der Waals surface area (Å²) >= 11 is 12.9. The molecule has 0 aliphatic heterocycles. The van der Waals surface area contributed by atoms with E-state index in [-0.39, 0.29) is 27.5 Å². The van der Waals surface area contributed by atoms with Gasteiger partial charge in [0.05, 0.1) is 17.2 Å². The number of halogens is 2. The molecule has 0 radical (unpaired) electrons. The Labute approximate surface area is 207 Å². The second-order valence-electron chi connectivity index (χ2n) is 7.65. The minimum Gasteiger partial charge on any atom is -0.496 e. The van der Waals surface area contributed by atoms with Gasteiger partial charge in [0.25, 0.3) is 0 Å². The van der Waals surface area contributed by atoms with Crippen molar-refractivity contribution in [3.05, 3.63) is 70.7 Å². The number of nitrogens with zero attached hydrogens (tertiary/aromatic N) is 1. The van der Waals surface area contributed by atoms with E-state index in [2.05, 4.69) is 5.32 Å². The van der Waals surface area contributed by atoms with Crippen LogP contribution in [0.3, 0.4) is 0 Å². The average Bonchev–Trinajstić information content (AvgIpc) is 2.79. The number of methoxy groups -OCH3 is 1. The average molecular weight is 503 g/mol. The Balaban J connectivity index is 1.95. The van der Waals surface area contributed by atoms with Crippen LogP contribution in [0, 0.1) is 0 Å². The maximum atomic E-state index is 12.5. The quantitative estimate of drug-likeness (QED) is 0.368. The van der Waals surface area contributed by atoms with Gasteiger partial charge < -0.3 is 19.9 Å². The van der Waals surface area contributed by atoms with Crippen LogP contribution in [0.25, 0.3) is 11.1 Å². The van der Waals surface area contributed by atoms with Crippen LogP contribution in [0.5, 0.6) is 17.2 Å². The van der Waals surface area contributed by atoms with Crippen LogP contribution in [0.1, 0.15) is 13.8 Å². The van der Waals surface area contributed by atoms with Gasteiger partial charge in [0.15, 0.2) is 5.75 Å². The highest BCUT2D eigenvalue weighted by atomic mass is 35.5. The standard InChI is InChI=1S/C25H24Cl2N2O5/c1-15(2)28-25(32)29(14-23(30)31)17-11-20(26)24(21(27)12-17)34-18-9-10-22(33-3)19(13-18)16-7-5-4-6-8-16/h4-13,15H,14H2,1-3H3,(H,28,32)(H,30,31). The Kier molecular flexibility index (Phi) is 8.26. The number of urea groups is 1. The molecular weight excluding hydrogens is 479 g/mol. The maximum absolute atomic E-state index is 12.5. The summed E-state index contributed by atoms with van der Waals surface area (Å²) in [6.07, 6.45) is 0. The van der Waals surface area contributed by atoms with Gasteiger partial charge in [-0.1, -0.05) is 53.5 Å². The Morgan fingerprint density at radius 2 is 1.68 bits per heavy atom. The predicted octanol–water partition coefficient (Wildman–Crippen LogP) is 6.47. The first-order valence-corrected chi connectivity index (χ1v) is 11.2. The summed E-state index contributed by atoms with van der Waals surface area (Å²) in [7, 11) is 1.59. The first-order chi connectivity index (χ1) is 16.2. The Morgan fingerprint density at radius 3 is 2.24 bits per heavy atom. The lowest BCUT2D eigenvalue weighted by molar-refractivity contribution is -0.135. The van der Waals surface area contributed by atoms with E-state index in [4.69, 9.17) is 32.7 Å². The van der Waals surface area contributed by atoms with Crippen LogP contribution in [-0.2, 0) is 4.79 Å². The van der Waals surface area contributed by atoms with Crippen molar-refractivity contribution in [1.29, 1.82) is 0 Å². The van der Waals surface area contributed by atoms with E-state index < -0.39 is 18.5 Å². The maximum Gasteiger partial charge on any atom is 0.323 e. The molecule has 3 aromatic carbocycles. The van der Waals surface area contributed by atoms with Crippen molar-refractivity contribution in [2.45, 2.75) is 19.9 Å². The summed E-state index contributed by atoms with van der Waals surface area (Å²) < 4.78 is 11.5. The van der Waals surface area contributed by atoms with E-state index in [0.29, 0.717) is 11.5 Å². The molecule has 0 spiro atoms. The third kappa shape index (κ3) is 6.12. The summed E-state index contributed by atoms with van der Waals surface area (Å²) in [6, 6.07) is 17.1. The van der Waals surface area contributed by atoms with Crippen molar-refractivity contribution in [2.24, 2.45) is 0 Å². The van der Waals surface area contributed by atoms with Crippen molar-refractivity contribution in [3.8, 4) is 28.4 Å². The summed E-state index contributed by atoms with van der Waals surface area (Å²) in [5.74, 6) is 0.136. The fourth-order valence-corrected chi connectivity index (χ4v) is 3.80. The molecule has 0 aromatic heterocycles. The number of carbonyl (C=O) groups is 2. The SMILES string of the molecule is COc1ccc(Oc2c(Cl)cc(N(CC(=O)O)C(=O)NC(C)C)cc2Cl)cc1-c1ccccc1. The molecule has 0 aliphatic rings. The molecule has 2 N–H and O–H groups in total. The molecule has 7 nitrogen and oxygen atoms in total. The van der Waals surface area contributed by atoms with Crippen LogP contribution in [0.2, 0.25) is 10.0 Å². The van der Waals surface area contributed by atoms with E-state index in [1.165, 1.54) is 12.1 Å². The molecule has 0 aliphatic carbocycles. The zero-order chi connectivity index (χ0) is 24.8. The lowest BCUT2D eigenvalue weighted by Crippen LogP contribution is -2.45. The highest BCUT2D eigenvalue weighted by molar-refractivity contribution is 6.37. The number of rotatable bonds is 8. The molecule has 3 aromatic rings. The van der Waals surface area contributed by atoms with Gasteiger partial charge in [0.1, 0.15) is 18.0 Å². The number of aliphatic carboxylic acids is 1. The molecular formula is C25H24Cl2N2O5. The summed E-state index contributed by atoms with van der Waals surface area (Å²) in [5, 5.41) is 12.2. The number of ether oxygens (including phenoxy) is 2. The van der Waals surface area contributed by atoms with E-state index in [9.17, 15) is 14.7 Å². The van der Waals surface area contributed by atoms with E-state index in [1.54, 1.807) is 33.1 Å². The number of amides is 2. The molecule has 0 fully saturated rings. The van der Waals surface area contributed by atoms with Crippen LogP contribution in [0.4, 0.5) is 10.5 Å². The van der Waals surface area contributed by atoms with Crippen LogP contribution in [0.15, 0.2) is 60.7 Å². The normalized spacial score (nSPS) is 10.6. The van der Waals surface area contributed by atoms with Crippen molar-refractivity contribution < 1.29 is 24.2 Å². The first kappa shape index (κ1) is 25.2. The fourth-order valence-electron chi connectivity index (χ4n) is 3.25. The number of hydrogen-bond donors (Lipinski definition) is 2. The minimum atomic E-state index is -1.18. The monoisotopic (exact) mass is 502 g/mol. The van der Waals surface area contributed by atoms with Gasteiger partial charge in [-0.2, -0.15) is 0 Å². The number of benzene rings is 3. The number of anilines is 1. The number of carboxylic acids is 1. The van der Waals surface area contributed by atoms with Gasteiger partial charge >= 0.3 is 12.0 Å². The molecule has 9 heteroatoms. The Bertz CT molecular complexity index is 1160. The van der Waals surface area contributed by atoms with Crippen molar-refractivity contribution in [2.75, 3.05) is 18.6 Å². The molecule has 0 saturated carbocycles. The highest BCUT2D eigenvalue weighted by Gasteiger charge is 2.22. The molecule has 3 rings (SSSR count). The number of carbonyl (C=O) groups excluding carboxylic acids is 1. The second-order valence-corrected chi connectivity index (χ2v) is 8.47. The lowest BCUT2D eigenvalue weighted by atomic mass is 10.0. The molecule has 2 amide bonds. The first-order valence-electron chi connectivity index (χ1n) is 10.4. The van der Waals surface area contributed by atoms with Crippen LogP contribution < -0.4 is 19.7 Å². The smallest absolute Gasteiger partial charge is 0.323 e. The largest absolute Gasteiger partial charge is 0.496 e. The predicted molar refractivity (Wildman–Crippen MR) is 134 cm³/mol. The number of carboxylic acid groups (broad SMARTS) is 1. The van der Waals surface area contributed by atoms with Crippen molar-refractivity contribution >= 4 is 40.9 Å². The van der Waals surface area contributed by atoms with Gasteiger partial charge in [-0.3, -0.25) is 9.69 Å². The highest BCUT2D eigenvalue weighted by Crippen LogP contribution is 2.41. The Morgan fingerprint density at radius 1 is 1.03 bits per heavy atom. The van der Waals surface area contributed by atoms with Crippen molar-refractivity contribution in [3.63, 3.8) is 0 Å². The molecule has 0 unspecified atom stereocenters. The molecule has 0 heterocycles. The van der Waals surface area contributed by atoms with E-state index in [0.717, 1.165) is 16.0 Å². The summed E-state index contributed by atoms with van der Waals surface area (Å²) in [4.78, 5) is 24.9. The molecule has 0 bridgehead atoms. The summed E-state index contributed by atoms with van der Waals surface area (Å²) in [5.41, 5.74) is 1.99. The molecule has 34 heavy (non-hydrogen) atoms. The minimum absolute atomic E-state index is 0.118. The van der Waals surface area contributed by atoms with Gasteiger partial charge in [0.2, 0.25) is 0 Å². The number of nitrogens with one attached hydrogen (secondary N) is 1. The molecule has 178 valence electrons. The summed E-state index contributed by atoms with van der Waals surface area (Å²) in [6.45, 7) is 2.98. The van der Waals surface area contributed by atoms with E-state index in [1.807, 2.05) is 36.4 Å². The third-order valence-electron chi connectivity index (χ3n) is 4.72. The van der Waals surface area contributed by atoms with Gasteiger partial charge in [-0.05, 0) is 49.7 Å². The van der Waals surface area contributed by atoms with Crippen LogP contribution in [-0.4, -0.2) is 36.8 Å². The second kappa shape index (κ2) is 11.1. The van der Waals surface area contributed by atoms with Crippen molar-refractivity contribution in [1.82, 2.24) is 5.32 Å². The molecule has 0 saturated heterocycles. The Hall–Kier alpha value is -3.42. The fraction of sp³-hybridized carbons (Fsp3) is 0.200. The van der Waals surface area contributed by atoms with Gasteiger partial charge in [-0.25, -0.2) is 4.79 Å². The van der Waals surface area contributed by atoms with Crippen LogP contribution >= 0.6 is 23.2 Å². The third-order valence-corrected chi connectivity index (χ3v) is 5.28. The number of hydrogen-bond acceptors (Lipinski definition) is 4. The van der Waals surface area contributed by atoms with E-state index >= 15 is 0 Å². The zero-order valence-electron chi connectivity index (χ0n) is 18.8. The molecule has 0 atom stereocenters. The zero-order valence-corrected chi connectivity index (χ0v) is 20.4.